The van der Waals surface area contributed by atoms with Crippen molar-refractivity contribution in [2.45, 2.75) is 12.8 Å². The summed E-state index contributed by atoms with van der Waals surface area (Å²) in [6.07, 6.45) is 2.31. The SMILES string of the molecule is Brc1cccc2[nH]c(CC3CCNC3)nc12. The van der Waals surface area contributed by atoms with Gasteiger partial charge in [0.2, 0.25) is 0 Å². The monoisotopic (exact) mass is 279 g/mol. The summed E-state index contributed by atoms with van der Waals surface area (Å²) in [5.74, 6) is 1.84. The molecular formula is C12H14BrN3. The van der Waals surface area contributed by atoms with Crippen molar-refractivity contribution >= 4 is 27.0 Å². The predicted octanol–water partition coefficient (Wildman–Crippen LogP) is 2.48. The highest BCUT2D eigenvalue weighted by Gasteiger charge is 2.16. The van der Waals surface area contributed by atoms with Gasteiger partial charge in [-0.05, 0) is 53.5 Å². The minimum absolute atomic E-state index is 0.735. The van der Waals surface area contributed by atoms with Crippen molar-refractivity contribution in [2.24, 2.45) is 5.92 Å². The highest BCUT2D eigenvalue weighted by Crippen LogP contribution is 2.23. The van der Waals surface area contributed by atoms with Gasteiger partial charge in [-0.2, -0.15) is 0 Å². The Labute approximate surface area is 103 Å². The lowest BCUT2D eigenvalue weighted by Crippen LogP contribution is -2.11. The fraction of sp³-hybridized carbons (Fsp3) is 0.417. The number of hydrogen-bond acceptors (Lipinski definition) is 2. The third-order valence-electron chi connectivity index (χ3n) is 3.16. The first kappa shape index (κ1) is 10.3. The summed E-state index contributed by atoms with van der Waals surface area (Å²) in [7, 11) is 0. The number of fused-ring (bicyclic) bond motifs is 1. The molecule has 1 atom stereocenters. The number of aromatic nitrogens is 2. The van der Waals surface area contributed by atoms with Gasteiger partial charge < -0.3 is 10.3 Å². The van der Waals surface area contributed by atoms with E-state index < -0.39 is 0 Å². The third kappa shape index (κ3) is 1.87. The number of para-hydroxylation sites is 1. The summed E-state index contributed by atoms with van der Waals surface area (Å²) in [6, 6.07) is 6.14. The Hall–Kier alpha value is -0.870. The van der Waals surface area contributed by atoms with E-state index in [4.69, 9.17) is 0 Å². The minimum atomic E-state index is 0.735. The number of hydrogen-bond donors (Lipinski definition) is 2. The smallest absolute Gasteiger partial charge is 0.107 e. The van der Waals surface area contributed by atoms with E-state index in [0.29, 0.717) is 0 Å². The van der Waals surface area contributed by atoms with Crippen LogP contribution in [0, 0.1) is 5.92 Å². The summed E-state index contributed by atoms with van der Waals surface area (Å²) in [4.78, 5) is 8.04. The van der Waals surface area contributed by atoms with Gasteiger partial charge in [-0.1, -0.05) is 6.07 Å². The number of rotatable bonds is 2. The fourth-order valence-electron chi connectivity index (χ4n) is 2.31. The van der Waals surface area contributed by atoms with Gasteiger partial charge in [0.1, 0.15) is 11.3 Å². The number of aromatic amines is 1. The van der Waals surface area contributed by atoms with Gasteiger partial charge in [-0.3, -0.25) is 0 Å². The Kier molecular flexibility index (Phi) is 2.69. The van der Waals surface area contributed by atoms with E-state index in [-0.39, 0.29) is 0 Å². The molecule has 84 valence electrons. The van der Waals surface area contributed by atoms with Gasteiger partial charge in [-0.25, -0.2) is 4.98 Å². The Morgan fingerprint density at radius 3 is 3.12 bits per heavy atom. The van der Waals surface area contributed by atoms with Crippen LogP contribution in [-0.2, 0) is 6.42 Å². The average Bonchev–Trinajstić information content (AvgIpc) is 2.88. The van der Waals surface area contributed by atoms with E-state index in [1.54, 1.807) is 0 Å². The van der Waals surface area contributed by atoms with Crippen molar-refractivity contribution in [3.63, 3.8) is 0 Å². The molecule has 3 rings (SSSR count). The molecule has 0 saturated carbocycles. The molecule has 16 heavy (non-hydrogen) atoms. The second-order valence-electron chi connectivity index (χ2n) is 4.38. The molecule has 0 bridgehead atoms. The molecular weight excluding hydrogens is 266 g/mol. The van der Waals surface area contributed by atoms with E-state index in [9.17, 15) is 0 Å². The van der Waals surface area contributed by atoms with Crippen molar-refractivity contribution < 1.29 is 0 Å². The van der Waals surface area contributed by atoms with Crippen LogP contribution in [0.3, 0.4) is 0 Å². The van der Waals surface area contributed by atoms with Crippen molar-refractivity contribution in [2.75, 3.05) is 13.1 Å². The van der Waals surface area contributed by atoms with Crippen molar-refractivity contribution in [1.82, 2.24) is 15.3 Å². The Morgan fingerprint density at radius 2 is 2.38 bits per heavy atom. The minimum Gasteiger partial charge on any atom is -0.342 e. The molecule has 0 amide bonds. The van der Waals surface area contributed by atoms with Crippen LogP contribution in [0.25, 0.3) is 11.0 Å². The lowest BCUT2D eigenvalue weighted by atomic mass is 10.1. The Bertz CT molecular complexity index is 500. The number of halogens is 1. The van der Waals surface area contributed by atoms with E-state index in [0.717, 1.165) is 46.8 Å². The second-order valence-corrected chi connectivity index (χ2v) is 5.24. The summed E-state index contributed by atoms with van der Waals surface area (Å²) in [5.41, 5.74) is 2.17. The normalized spacial score (nSPS) is 20.7. The molecule has 1 saturated heterocycles. The molecule has 0 radical (unpaired) electrons. The van der Waals surface area contributed by atoms with Crippen LogP contribution in [0.5, 0.6) is 0 Å². The lowest BCUT2D eigenvalue weighted by molar-refractivity contribution is 0.565. The average molecular weight is 280 g/mol. The maximum atomic E-state index is 4.65. The van der Waals surface area contributed by atoms with Gasteiger partial charge in [0, 0.05) is 10.9 Å². The Balaban J connectivity index is 1.90. The van der Waals surface area contributed by atoms with Gasteiger partial charge >= 0.3 is 0 Å². The highest BCUT2D eigenvalue weighted by molar-refractivity contribution is 9.10. The zero-order chi connectivity index (χ0) is 11.0. The number of benzene rings is 1. The predicted molar refractivity (Wildman–Crippen MR) is 68.5 cm³/mol. The molecule has 2 heterocycles. The maximum absolute atomic E-state index is 4.65. The van der Waals surface area contributed by atoms with Crippen LogP contribution in [0.4, 0.5) is 0 Å². The number of nitrogens with zero attached hydrogens (tertiary/aromatic N) is 1. The van der Waals surface area contributed by atoms with Crippen LogP contribution in [0.2, 0.25) is 0 Å². The largest absolute Gasteiger partial charge is 0.342 e. The first-order chi connectivity index (χ1) is 7.83. The van der Waals surface area contributed by atoms with Crippen molar-refractivity contribution in [3.8, 4) is 0 Å². The molecule has 1 aliphatic rings. The number of nitrogens with one attached hydrogen (secondary N) is 2. The first-order valence-electron chi connectivity index (χ1n) is 5.67. The van der Waals surface area contributed by atoms with Gasteiger partial charge in [0.05, 0.1) is 5.52 Å². The second kappa shape index (κ2) is 4.18. The van der Waals surface area contributed by atoms with E-state index in [1.165, 1.54) is 6.42 Å². The summed E-state index contributed by atoms with van der Waals surface area (Å²) in [6.45, 7) is 2.27. The number of H-pyrrole nitrogens is 1. The van der Waals surface area contributed by atoms with Gasteiger partial charge in [-0.15, -0.1) is 0 Å². The number of imidazole rings is 1. The molecule has 1 fully saturated rings. The molecule has 1 aromatic carbocycles. The van der Waals surface area contributed by atoms with Crippen LogP contribution in [0.15, 0.2) is 22.7 Å². The van der Waals surface area contributed by atoms with E-state index >= 15 is 0 Å². The quantitative estimate of drug-likeness (QED) is 0.887. The molecule has 4 heteroatoms. The van der Waals surface area contributed by atoms with E-state index in [2.05, 4.69) is 37.3 Å². The van der Waals surface area contributed by atoms with Crippen LogP contribution in [-0.4, -0.2) is 23.1 Å². The molecule has 0 spiro atoms. The zero-order valence-electron chi connectivity index (χ0n) is 8.96. The molecule has 2 N–H and O–H groups in total. The van der Waals surface area contributed by atoms with Crippen molar-refractivity contribution in [1.29, 1.82) is 0 Å². The topological polar surface area (TPSA) is 40.7 Å². The van der Waals surface area contributed by atoms with E-state index in [1.807, 2.05) is 12.1 Å². The standard InChI is InChI=1S/C12H14BrN3/c13-9-2-1-3-10-12(9)16-11(15-10)6-8-4-5-14-7-8/h1-3,8,14H,4-7H2,(H,15,16). The molecule has 1 aliphatic heterocycles. The van der Waals surface area contributed by atoms with Crippen LogP contribution >= 0.6 is 15.9 Å². The lowest BCUT2D eigenvalue weighted by Gasteiger charge is -2.03. The summed E-state index contributed by atoms with van der Waals surface area (Å²) in [5, 5.41) is 3.39. The summed E-state index contributed by atoms with van der Waals surface area (Å²) >= 11 is 3.53. The van der Waals surface area contributed by atoms with Crippen LogP contribution < -0.4 is 5.32 Å². The molecule has 1 unspecified atom stereocenters. The van der Waals surface area contributed by atoms with Crippen molar-refractivity contribution in [3.05, 3.63) is 28.5 Å². The van der Waals surface area contributed by atoms with Crippen LogP contribution in [0.1, 0.15) is 12.2 Å². The molecule has 2 aromatic rings. The molecule has 0 aliphatic carbocycles. The fourth-order valence-corrected chi connectivity index (χ4v) is 2.76. The Morgan fingerprint density at radius 1 is 1.44 bits per heavy atom. The van der Waals surface area contributed by atoms with Gasteiger partial charge in [0.15, 0.2) is 0 Å². The van der Waals surface area contributed by atoms with Gasteiger partial charge in [0.25, 0.3) is 0 Å². The first-order valence-corrected chi connectivity index (χ1v) is 6.46. The zero-order valence-corrected chi connectivity index (χ0v) is 10.5. The summed E-state index contributed by atoms with van der Waals surface area (Å²) < 4.78 is 1.07. The third-order valence-corrected chi connectivity index (χ3v) is 3.80. The maximum Gasteiger partial charge on any atom is 0.107 e. The molecule has 1 aromatic heterocycles. The molecule has 3 nitrogen and oxygen atoms in total. The highest BCUT2D eigenvalue weighted by atomic mass is 79.9.